The molecule has 70 valence electrons. The van der Waals surface area contributed by atoms with Crippen LogP contribution in [0, 0.1) is 5.82 Å². The standard InChI is InChI=1S/C11H7FO2/c12-10-4-1-3-8(9(10)7-13)11-5-2-6-14-11/h1-7H. The Bertz CT molecular complexity index is 446. The van der Waals surface area contributed by atoms with E-state index >= 15 is 0 Å². The highest BCUT2D eigenvalue weighted by atomic mass is 19.1. The molecule has 0 bridgehead atoms. The van der Waals surface area contributed by atoms with E-state index in [1.807, 2.05) is 0 Å². The number of halogens is 1. The van der Waals surface area contributed by atoms with Crippen LogP contribution in [-0.4, -0.2) is 6.29 Å². The first-order valence-electron chi connectivity index (χ1n) is 4.10. The summed E-state index contributed by atoms with van der Waals surface area (Å²) in [6, 6.07) is 7.80. The molecular weight excluding hydrogens is 183 g/mol. The van der Waals surface area contributed by atoms with Crippen LogP contribution in [0.5, 0.6) is 0 Å². The number of hydrogen-bond donors (Lipinski definition) is 0. The van der Waals surface area contributed by atoms with E-state index in [9.17, 15) is 9.18 Å². The Morgan fingerprint density at radius 3 is 2.71 bits per heavy atom. The van der Waals surface area contributed by atoms with Crippen LogP contribution < -0.4 is 0 Å². The highest BCUT2D eigenvalue weighted by Gasteiger charge is 2.10. The Balaban J connectivity index is 2.64. The van der Waals surface area contributed by atoms with Crippen LogP contribution in [0.3, 0.4) is 0 Å². The summed E-state index contributed by atoms with van der Waals surface area (Å²) in [5.41, 5.74) is 0.507. The van der Waals surface area contributed by atoms with Gasteiger partial charge in [-0.15, -0.1) is 0 Å². The predicted octanol–water partition coefficient (Wildman–Crippen LogP) is 2.90. The Kier molecular flexibility index (Phi) is 2.14. The molecule has 0 N–H and O–H groups in total. The molecule has 14 heavy (non-hydrogen) atoms. The monoisotopic (exact) mass is 190 g/mol. The number of benzene rings is 1. The minimum absolute atomic E-state index is 0.0300. The number of hydrogen-bond acceptors (Lipinski definition) is 2. The molecule has 0 aliphatic carbocycles. The van der Waals surface area contributed by atoms with Crippen LogP contribution in [0.25, 0.3) is 11.3 Å². The molecule has 1 heterocycles. The third-order valence-electron chi connectivity index (χ3n) is 1.96. The van der Waals surface area contributed by atoms with Gasteiger partial charge in [-0.05, 0) is 18.2 Å². The van der Waals surface area contributed by atoms with Crippen molar-refractivity contribution in [2.75, 3.05) is 0 Å². The van der Waals surface area contributed by atoms with Crippen LogP contribution in [0.15, 0.2) is 41.0 Å². The molecule has 1 aromatic heterocycles. The second-order valence-corrected chi connectivity index (χ2v) is 2.80. The van der Waals surface area contributed by atoms with Gasteiger partial charge in [-0.25, -0.2) is 4.39 Å². The summed E-state index contributed by atoms with van der Waals surface area (Å²) >= 11 is 0. The van der Waals surface area contributed by atoms with Crippen molar-refractivity contribution in [3.05, 3.63) is 48.0 Å². The van der Waals surface area contributed by atoms with Gasteiger partial charge in [0.1, 0.15) is 11.6 Å². The van der Waals surface area contributed by atoms with Gasteiger partial charge in [-0.1, -0.05) is 12.1 Å². The quantitative estimate of drug-likeness (QED) is 0.681. The first kappa shape index (κ1) is 8.69. The minimum atomic E-state index is -0.533. The molecule has 1 aromatic carbocycles. The summed E-state index contributed by atoms with van der Waals surface area (Å²) in [5.74, 6) is -0.0412. The third kappa shape index (κ3) is 1.33. The molecule has 0 amide bonds. The van der Waals surface area contributed by atoms with E-state index in [2.05, 4.69) is 0 Å². The predicted molar refractivity (Wildman–Crippen MR) is 49.5 cm³/mol. The van der Waals surface area contributed by atoms with Crippen LogP contribution >= 0.6 is 0 Å². The van der Waals surface area contributed by atoms with E-state index in [-0.39, 0.29) is 5.56 Å². The van der Waals surface area contributed by atoms with Crippen LogP contribution in [-0.2, 0) is 0 Å². The second kappa shape index (κ2) is 3.46. The third-order valence-corrected chi connectivity index (χ3v) is 1.96. The molecule has 0 aliphatic heterocycles. The summed E-state index contributed by atoms with van der Waals surface area (Å²) in [7, 11) is 0. The molecule has 0 spiro atoms. The Morgan fingerprint density at radius 2 is 2.07 bits per heavy atom. The lowest BCUT2D eigenvalue weighted by atomic mass is 10.1. The maximum absolute atomic E-state index is 13.2. The van der Waals surface area contributed by atoms with Crippen LogP contribution in [0.2, 0.25) is 0 Å². The van der Waals surface area contributed by atoms with Crippen molar-refractivity contribution in [3.8, 4) is 11.3 Å². The van der Waals surface area contributed by atoms with E-state index < -0.39 is 5.82 Å². The fourth-order valence-electron chi connectivity index (χ4n) is 1.30. The topological polar surface area (TPSA) is 30.2 Å². The first-order chi connectivity index (χ1) is 6.83. The zero-order valence-corrected chi connectivity index (χ0v) is 7.24. The van der Waals surface area contributed by atoms with Gasteiger partial charge in [0.15, 0.2) is 6.29 Å². The van der Waals surface area contributed by atoms with E-state index in [4.69, 9.17) is 4.42 Å². The summed E-state index contributed by atoms with van der Waals surface area (Å²) in [6.45, 7) is 0. The lowest BCUT2D eigenvalue weighted by Gasteiger charge is -2.01. The average Bonchev–Trinajstić information content (AvgIpc) is 2.70. The van der Waals surface area contributed by atoms with Gasteiger partial charge < -0.3 is 4.42 Å². The fourth-order valence-corrected chi connectivity index (χ4v) is 1.30. The molecular formula is C11H7FO2. The fraction of sp³-hybridized carbons (Fsp3) is 0. The SMILES string of the molecule is O=Cc1c(F)cccc1-c1ccco1. The van der Waals surface area contributed by atoms with E-state index in [0.717, 1.165) is 0 Å². The van der Waals surface area contributed by atoms with Crippen molar-refractivity contribution in [3.63, 3.8) is 0 Å². The Hall–Kier alpha value is -1.90. The molecule has 2 nitrogen and oxygen atoms in total. The lowest BCUT2D eigenvalue weighted by Crippen LogP contribution is -1.90. The van der Waals surface area contributed by atoms with Crippen LogP contribution in [0.1, 0.15) is 10.4 Å². The molecule has 3 heteroatoms. The number of carbonyl (C=O) groups is 1. The van der Waals surface area contributed by atoms with Gasteiger partial charge in [0.2, 0.25) is 0 Å². The van der Waals surface area contributed by atoms with Gasteiger partial charge in [-0.2, -0.15) is 0 Å². The summed E-state index contributed by atoms with van der Waals surface area (Å²) < 4.78 is 18.3. The normalized spacial score (nSPS) is 10.1. The van der Waals surface area contributed by atoms with Gasteiger partial charge in [0.05, 0.1) is 11.8 Å². The van der Waals surface area contributed by atoms with Crippen molar-refractivity contribution < 1.29 is 13.6 Å². The van der Waals surface area contributed by atoms with Crippen LogP contribution in [0.4, 0.5) is 4.39 Å². The highest BCUT2D eigenvalue weighted by molar-refractivity contribution is 5.86. The molecule has 0 atom stereocenters. The molecule has 0 aliphatic rings. The lowest BCUT2D eigenvalue weighted by molar-refractivity contribution is 0.112. The number of furan rings is 1. The second-order valence-electron chi connectivity index (χ2n) is 2.80. The maximum atomic E-state index is 13.2. The van der Waals surface area contributed by atoms with Gasteiger partial charge in [-0.3, -0.25) is 4.79 Å². The molecule has 2 aromatic rings. The average molecular weight is 190 g/mol. The van der Waals surface area contributed by atoms with Gasteiger partial charge in [0, 0.05) is 5.56 Å². The number of rotatable bonds is 2. The summed E-state index contributed by atoms with van der Waals surface area (Å²) in [4.78, 5) is 10.7. The minimum Gasteiger partial charge on any atom is -0.464 e. The van der Waals surface area contributed by atoms with Crippen molar-refractivity contribution in [1.82, 2.24) is 0 Å². The molecule has 0 radical (unpaired) electrons. The highest BCUT2D eigenvalue weighted by Crippen LogP contribution is 2.24. The number of carbonyl (C=O) groups excluding carboxylic acids is 1. The van der Waals surface area contributed by atoms with Crippen molar-refractivity contribution in [2.24, 2.45) is 0 Å². The summed E-state index contributed by atoms with van der Waals surface area (Å²) in [5, 5.41) is 0. The number of aldehydes is 1. The van der Waals surface area contributed by atoms with E-state index in [0.29, 0.717) is 17.6 Å². The Morgan fingerprint density at radius 1 is 1.21 bits per heavy atom. The molecule has 0 saturated carbocycles. The molecule has 0 unspecified atom stereocenters. The first-order valence-corrected chi connectivity index (χ1v) is 4.10. The zero-order chi connectivity index (χ0) is 9.97. The van der Waals surface area contributed by atoms with E-state index in [1.165, 1.54) is 12.3 Å². The smallest absolute Gasteiger partial charge is 0.153 e. The summed E-state index contributed by atoms with van der Waals surface area (Å²) in [6.07, 6.45) is 1.97. The zero-order valence-electron chi connectivity index (χ0n) is 7.24. The Labute approximate surface area is 80.0 Å². The van der Waals surface area contributed by atoms with Gasteiger partial charge in [0.25, 0.3) is 0 Å². The largest absolute Gasteiger partial charge is 0.464 e. The van der Waals surface area contributed by atoms with E-state index in [1.54, 1.807) is 24.3 Å². The molecule has 0 saturated heterocycles. The van der Waals surface area contributed by atoms with Crippen molar-refractivity contribution in [1.29, 1.82) is 0 Å². The van der Waals surface area contributed by atoms with Crippen molar-refractivity contribution in [2.45, 2.75) is 0 Å². The van der Waals surface area contributed by atoms with Crippen molar-refractivity contribution >= 4 is 6.29 Å². The van der Waals surface area contributed by atoms with Gasteiger partial charge >= 0.3 is 0 Å². The molecule has 0 fully saturated rings. The molecule has 2 rings (SSSR count). The maximum Gasteiger partial charge on any atom is 0.153 e.